The molecule has 5 heteroatoms. The summed E-state index contributed by atoms with van der Waals surface area (Å²) in [5, 5.41) is 5.34. The third-order valence-electron chi connectivity index (χ3n) is 1.82. The van der Waals surface area contributed by atoms with E-state index in [1.54, 1.807) is 12.1 Å². The maximum atomic E-state index is 11.3. The maximum Gasteiger partial charge on any atom is 0.319 e. The molecule has 16 heavy (non-hydrogen) atoms. The van der Waals surface area contributed by atoms with Crippen molar-refractivity contribution in [2.75, 3.05) is 25.0 Å². The molecule has 4 N–H and O–H groups in total. The molecule has 0 saturated carbocycles. The maximum absolute atomic E-state index is 11.3. The van der Waals surface area contributed by atoms with Gasteiger partial charge in [-0.05, 0) is 19.1 Å². The van der Waals surface area contributed by atoms with E-state index in [0.717, 1.165) is 0 Å². The summed E-state index contributed by atoms with van der Waals surface area (Å²) in [6.45, 7) is 3.38. The number of nitrogens with two attached hydrogens (primary N) is 1. The molecule has 88 valence electrons. The second-order valence-corrected chi connectivity index (χ2v) is 3.15. The lowest BCUT2D eigenvalue weighted by molar-refractivity contribution is 0.252. The summed E-state index contributed by atoms with van der Waals surface area (Å²) in [7, 11) is 0. The minimum Gasteiger partial charge on any atom is -0.492 e. The Labute approximate surface area is 95.0 Å². The molecular weight excluding hydrogens is 206 g/mol. The van der Waals surface area contributed by atoms with Crippen LogP contribution in [-0.4, -0.2) is 25.7 Å². The van der Waals surface area contributed by atoms with E-state index in [2.05, 4.69) is 10.6 Å². The lowest BCUT2D eigenvalue weighted by Gasteiger charge is -2.08. The highest BCUT2D eigenvalue weighted by atomic mass is 16.5. The van der Waals surface area contributed by atoms with Crippen LogP contribution in [0.4, 0.5) is 10.5 Å². The standard InChI is InChI=1S/C11H17N3O2/c1-2-13-11(15)14-9-4-3-5-10(8-9)16-7-6-12/h3-5,8H,2,6-7,12H2,1H3,(H2,13,14,15). The van der Waals surface area contributed by atoms with Crippen molar-refractivity contribution in [1.82, 2.24) is 5.32 Å². The molecular formula is C11H17N3O2. The lowest BCUT2D eigenvalue weighted by atomic mass is 10.3. The van der Waals surface area contributed by atoms with Gasteiger partial charge in [-0.15, -0.1) is 0 Å². The normalized spacial score (nSPS) is 9.62. The number of benzene rings is 1. The summed E-state index contributed by atoms with van der Waals surface area (Å²) in [6, 6.07) is 6.96. The van der Waals surface area contributed by atoms with Crippen molar-refractivity contribution in [2.45, 2.75) is 6.92 Å². The van der Waals surface area contributed by atoms with Crippen molar-refractivity contribution in [3.05, 3.63) is 24.3 Å². The topological polar surface area (TPSA) is 76.4 Å². The zero-order valence-corrected chi connectivity index (χ0v) is 9.32. The molecule has 0 aromatic heterocycles. The van der Waals surface area contributed by atoms with Crippen LogP contribution in [0.5, 0.6) is 5.75 Å². The van der Waals surface area contributed by atoms with Gasteiger partial charge in [0.05, 0.1) is 0 Å². The average molecular weight is 223 g/mol. The summed E-state index contributed by atoms with van der Waals surface area (Å²) in [4.78, 5) is 11.3. The summed E-state index contributed by atoms with van der Waals surface area (Å²) < 4.78 is 5.34. The Morgan fingerprint density at radius 1 is 1.50 bits per heavy atom. The number of carbonyl (C=O) groups excluding carboxylic acids is 1. The number of rotatable bonds is 5. The highest BCUT2D eigenvalue weighted by Crippen LogP contribution is 2.16. The number of anilines is 1. The average Bonchev–Trinajstić information content (AvgIpc) is 2.27. The fourth-order valence-corrected chi connectivity index (χ4v) is 1.18. The number of urea groups is 1. The molecule has 0 fully saturated rings. The summed E-state index contributed by atoms with van der Waals surface area (Å²) >= 11 is 0. The molecule has 1 rings (SSSR count). The van der Waals surface area contributed by atoms with Gasteiger partial charge in [0.15, 0.2) is 0 Å². The van der Waals surface area contributed by atoms with Crippen LogP contribution in [0.15, 0.2) is 24.3 Å². The van der Waals surface area contributed by atoms with Gasteiger partial charge in [-0.25, -0.2) is 4.79 Å². The molecule has 0 unspecified atom stereocenters. The first-order valence-electron chi connectivity index (χ1n) is 5.24. The predicted molar refractivity (Wildman–Crippen MR) is 63.7 cm³/mol. The van der Waals surface area contributed by atoms with Gasteiger partial charge in [0.2, 0.25) is 0 Å². The molecule has 1 aromatic carbocycles. The molecule has 2 amide bonds. The number of hydrogen-bond donors (Lipinski definition) is 3. The van der Waals surface area contributed by atoms with Crippen molar-refractivity contribution in [3.8, 4) is 5.75 Å². The Balaban J connectivity index is 2.56. The Morgan fingerprint density at radius 3 is 3.00 bits per heavy atom. The molecule has 0 spiro atoms. The fraction of sp³-hybridized carbons (Fsp3) is 0.364. The zero-order chi connectivity index (χ0) is 11.8. The number of ether oxygens (including phenoxy) is 1. The van der Waals surface area contributed by atoms with Crippen LogP contribution in [0.2, 0.25) is 0 Å². The van der Waals surface area contributed by atoms with Gasteiger partial charge in [-0.1, -0.05) is 6.07 Å². The molecule has 0 bridgehead atoms. The minimum absolute atomic E-state index is 0.224. The molecule has 0 saturated heterocycles. The van der Waals surface area contributed by atoms with E-state index in [0.29, 0.717) is 31.1 Å². The van der Waals surface area contributed by atoms with Crippen LogP contribution >= 0.6 is 0 Å². The lowest BCUT2D eigenvalue weighted by Crippen LogP contribution is -2.28. The van der Waals surface area contributed by atoms with Crippen LogP contribution < -0.4 is 21.1 Å². The second kappa shape index (κ2) is 6.68. The highest BCUT2D eigenvalue weighted by Gasteiger charge is 2.00. The molecule has 0 heterocycles. The van der Waals surface area contributed by atoms with Crippen molar-refractivity contribution in [2.24, 2.45) is 5.73 Å². The molecule has 0 aliphatic carbocycles. The molecule has 1 aromatic rings. The quantitative estimate of drug-likeness (QED) is 0.701. The van der Waals surface area contributed by atoms with E-state index in [1.165, 1.54) is 0 Å². The smallest absolute Gasteiger partial charge is 0.319 e. The Kier molecular flexibility index (Phi) is 5.15. The Hall–Kier alpha value is -1.75. The number of hydrogen-bond acceptors (Lipinski definition) is 3. The SMILES string of the molecule is CCNC(=O)Nc1cccc(OCCN)c1. The Bertz CT molecular complexity index is 342. The van der Waals surface area contributed by atoms with Gasteiger partial charge in [-0.2, -0.15) is 0 Å². The molecule has 0 aliphatic rings. The van der Waals surface area contributed by atoms with Crippen LogP contribution in [0.25, 0.3) is 0 Å². The van der Waals surface area contributed by atoms with Gasteiger partial charge in [0.25, 0.3) is 0 Å². The molecule has 5 nitrogen and oxygen atoms in total. The summed E-state index contributed by atoms with van der Waals surface area (Å²) in [5.74, 6) is 0.694. The van der Waals surface area contributed by atoms with E-state index in [4.69, 9.17) is 10.5 Å². The second-order valence-electron chi connectivity index (χ2n) is 3.15. The van der Waals surface area contributed by atoms with E-state index in [1.807, 2.05) is 19.1 Å². The van der Waals surface area contributed by atoms with Crippen LogP contribution in [0, 0.1) is 0 Å². The van der Waals surface area contributed by atoms with E-state index in [-0.39, 0.29) is 6.03 Å². The predicted octanol–water partition coefficient (Wildman–Crippen LogP) is 1.17. The molecule has 0 aliphatic heterocycles. The van der Waals surface area contributed by atoms with Crippen LogP contribution in [0.1, 0.15) is 6.92 Å². The molecule has 0 atom stereocenters. The third-order valence-corrected chi connectivity index (χ3v) is 1.82. The number of nitrogens with one attached hydrogen (secondary N) is 2. The van der Waals surface area contributed by atoms with Gasteiger partial charge >= 0.3 is 6.03 Å². The first-order chi connectivity index (χ1) is 7.76. The van der Waals surface area contributed by atoms with Crippen molar-refractivity contribution in [3.63, 3.8) is 0 Å². The van der Waals surface area contributed by atoms with Gasteiger partial charge in [-0.3, -0.25) is 0 Å². The highest BCUT2D eigenvalue weighted by molar-refractivity contribution is 5.89. The van der Waals surface area contributed by atoms with E-state index >= 15 is 0 Å². The first kappa shape index (κ1) is 12.3. The van der Waals surface area contributed by atoms with Crippen molar-refractivity contribution >= 4 is 11.7 Å². The minimum atomic E-state index is -0.224. The number of carbonyl (C=O) groups is 1. The van der Waals surface area contributed by atoms with Crippen molar-refractivity contribution in [1.29, 1.82) is 0 Å². The van der Waals surface area contributed by atoms with Gasteiger partial charge in [0.1, 0.15) is 12.4 Å². The zero-order valence-electron chi connectivity index (χ0n) is 9.32. The third kappa shape index (κ3) is 4.18. The molecule has 0 radical (unpaired) electrons. The van der Waals surface area contributed by atoms with E-state index < -0.39 is 0 Å². The monoisotopic (exact) mass is 223 g/mol. The Morgan fingerprint density at radius 2 is 2.31 bits per heavy atom. The summed E-state index contributed by atoms with van der Waals surface area (Å²) in [5.41, 5.74) is 6.02. The van der Waals surface area contributed by atoms with Gasteiger partial charge < -0.3 is 21.1 Å². The van der Waals surface area contributed by atoms with Gasteiger partial charge in [0, 0.05) is 24.8 Å². The van der Waals surface area contributed by atoms with Crippen molar-refractivity contribution < 1.29 is 9.53 Å². The number of amides is 2. The van der Waals surface area contributed by atoms with Crippen LogP contribution in [-0.2, 0) is 0 Å². The fourth-order valence-electron chi connectivity index (χ4n) is 1.18. The summed E-state index contributed by atoms with van der Waals surface area (Å²) in [6.07, 6.45) is 0. The van der Waals surface area contributed by atoms with E-state index in [9.17, 15) is 4.79 Å². The van der Waals surface area contributed by atoms with Crippen LogP contribution in [0.3, 0.4) is 0 Å². The largest absolute Gasteiger partial charge is 0.492 e. The first-order valence-corrected chi connectivity index (χ1v) is 5.24.